The van der Waals surface area contributed by atoms with Crippen molar-refractivity contribution in [3.05, 3.63) is 98.7 Å². The minimum atomic E-state index is -0.513. The van der Waals surface area contributed by atoms with Crippen molar-refractivity contribution < 1.29 is 9.18 Å². The molecule has 3 rings (SSSR count). The van der Waals surface area contributed by atoms with E-state index in [-0.39, 0.29) is 5.56 Å². The van der Waals surface area contributed by atoms with Crippen LogP contribution in [0.1, 0.15) is 27.4 Å². The summed E-state index contributed by atoms with van der Waals surface area (Å²) in [6, 6.07) is 20.4. The van der Waals surface area contributed by atoms with Crippen molar-refractivity contribution in [1.29, 1.82) is 5.26 Å². The first-order valence-corrected chi connectivity index (χ1v) is 9.17. The number of carbonyl (C=O) groups excluding carboxylic acids is 1. The molecule has 6 heteroatoms. The van der Waals surface area contributed by atoms with E-state index in [0.29, 0.717) is 20.7 Å². The molecule has 0 spiro atoms. The summed E-state index contributed by atoms with van der Waals surface area (Å²) in [5, 5.41) is 12.6. The van der Waals surface area contributed by atoms with Gasteiger partial charge in [0.1, 0.15) is 5.82 Å². The lowest BCUT2D eigenvalue weighted by Gasteiger charge is -2.14. The second-order valence-corrected chi connectivity index (χ2v) is 7.05. The molecule has 1 atom stereocenters. The number of anilines is 1. The number of benzene rings is 3. The highest BCUT2D eigenvalue weighted by atomic mass is 79.9. The summed E-state index contributed by atoms with van der Waals surface area (Å²) in [4.78, 5) is 12.4. The Morgan fingerprint density at radius 3 is 2.52 bits per heavy atom. The monoisotopic (exact) mass is 442 g/mol. The van der Waals surface area contributed by atoms with E-state index >= 15 is 0 Å². The van der Waals surface area contributed by atoms with Crippen molar-refractivity contribution >= 4 is 39.1 Å². The van der Waals surface area contributed by atoms with Crippen LogP contribution >= 0.6 is 27.5 Å². The maximum Gasteiger partial charge on any atom is 0.256 e. The minimum Gasteiger partial charge on any atom is -0.322 e. The van der Waals surface area contributed by atoms with Gasteiger partial charge in [0.2, 0.25) is 0 Å². The molecule has 1 unspecified atom stereocenters. The van der Waals surface area contributed by atoms with Crippen LogP contribution in [0.5, 0.6) is 0 Å². The van der Waals surface area contributed by atoms with E-state index < -0.39 is 17.6 Å². The molecular weight excluding hydrogens is 431 g/mol. The van der Waals surface area contributed by atoms with E-state index in [9.17, 15) is 14.4 Å². The largest absolute Gasteiger partial charge is 0.322 e. The number of nitrogens with one attached hydrogen (secondary N) is 1. The van der Waals surface area contributed by atoms with Crippen LogP contribution in [0.15, 0.2) is 71.2 Å². The Balaban J connectivity index is 1.86. The second-order valence-electron chi connectivity index (χ2n) is 5.79. The average Bonchev–Trinajstić information content (AvgIpc) is 2.66. The molecular formula is C21H13BrClFN2O. The Morgan fingerprint density at radius 2 is 1.85 bits per heavy atom. The van der Waals surface area contributed by atoms with Crippen LogP contribution in [-0.4, -0.2) is 5.91 Å². The van der Waals surface area contributed by atoms with Gasteiger partial charge in [0, 0.05) is 15.2 Å². The van der Waals surface area contributed by atoms with E-state index in [4.69, 9.17) is 11.6 Å². The third kappa shape index (κ3) is 4.36. The number of hydrogen-bond donors (Lipinski definition) is 1. The second kappa shape index (κ2) is 8.34. The van der Waals surface area contributed by atoms with Crippen LogP contribution in [0.25, 0.3) is 0 Å². The zero-order valence-corrected chi connectivity index (χ0v) is 16.3. The molecule has 1 N–H and O–H groups in total. The molecule has 0 bridgehead atoms. The molecule has 3 aromatic carbocycles. The number of halogens is 3. The third-order valence-electron chi connectivity index (χ3n) is 4.00. The molecule has 0 heterocycles. The normalized spacial score (nSPS) is 11.5. The predicted molar refractivity (Wildman–Crippen MR) is 107 cm³/mol. The van der Waals surface area contributed by atoms with Crippen molar-refractivity contribution in [2.45, 2.75) is 5.92 Å². The highest BCUT2D eigenvalue weighted by Gasteiger charge is 2.18. The molecule has 0 saturated heterocycles. The van der Waals surface area contributed by atoms with Crippen molar-refractivity contribution in [3.8, 4) is 6.07 Å². The van der Waals surface area contributed by atoms with Crippen molar-refractivity contribution in [3.63, 3.8) is 0 Å². The standard InChI is InChI=1S/C21H13BrClFN2O/c22-19-9-6-14(24)10-17(19)21(27)26-15-7-8-16(20(23)11-15)18(12-25)13-4-2-1-3-5-13/h1-11,18H,(H,26,27). The van der Waals surface area contributed by atoms with Crippen LogP contribution in [0, 0.1) is 17.1 Å². The van der Waals surface area contributed by atoms with Gasteiger partial charge in [-0.15, -0.1) is 0 Å². The van der Waals surface area contributed by atoms with E-state index in [1.165, 1.54) is 12.1 Å². The lowest BCUT2D eigenvalue weighted by atomic mass is 9.92. The number of carbonyl (C=O) groups is 1. The van der Waals surface area contributed by atoms with Gasteiger partial charge < -0.3 is 5.32 Å². The smallest absolute Gasteiger partial charge is 0.256 e. The number of amides is 1. The molecule has 1 amide bonds. The van der Waals surface area contributed by atoms with Crippen LogP contribution in [0.2, 0.25) is 5.02 Å². The van der Waals surface area contributed by atoms with Gasteiger partial charge in [-0.2, -0.15) is 5.26 Å². The molecule has 3 aromatic rings. The van der Waals surface area contributed by atoms with Crippen LogP contribution in [0.3, 0.4) is 0 Å². The van der Waals surface area contributed by atoms with Gasteiger partial charge >= 0.3 is 0 Å². The zero-order valence-electron chi connectivity index (χ0n) is 13.9. The maximum absolute atomic E-state index is 13.4. The SMILES string of the molecule is N#CC(c1ccccc1)c1ccc(NC(=O)c2cc(F)ccc2Br)cc1Cl. The van der Waals surface area contributed by atoms with Gasteiger partial charge in [-0.1, -0.05) is 48.0 Å². The Morgan fingerprint density at radius 1 is 1.11 bits per heavy atom. The molecule has 134 valence electrons. The summed E-state index contributed by atoms with van der Waals surface area (Å²) >= 11 is 9.60. The van der Waals surface area contributed by atoms with Gasteiger partial charge in [0.25, 0.3) is 5.91 Å². The summed E-state index contributed by atoms with van der Waals surface area (Å²) in [5.74, 6) is -1.48. The Kier molecular flexibility index (Phi) is 5.90. The number of rotatable bonds is 4. The van der Waals surface area contributed by atoms with Gasteiger partial charge in [0.15, 0.2) is 0 Å². The molecule has 0 aliphatic heterocycles. The molecule has 3 nitrogen and oxygen atoms in total. The first kappa shape index (κ1) is 19.1. The molecule has 0 radical (unpaired) electrons. The number of hydrogen-bond acceptors (Lipinski definition) is 2. The Labute approximate surface area is 169 Å². The molecule has 0 fully saturated rings. The zero-order chi connectivity index (χ0) is 19.4. The predicted octanol–water partition coefficient (Wildman–Crippen LogP) is 6.15. The fourth-order valence-electron chi connectivity index (χ4n) is 2.68. The van der Waals surface area contributed by atoms with E-state index in [0.717, 1.165) is 11.6 Å². The van der Waals surface area contributed by atoms with E-state index in [1.807, 2.05) is 30.3 Å². The summed E-state index contributed by atoms with van der Waals surface area (Å²) in [7, 11) is 0. The molecule has 0 aromatic heterocycles. The van der Waals surface area contributed by atoms with Crippen molar-refractivity contribution in [1.82, 2.24) is 0 Å². The summed E-state index contributed by atoms with van der Waals surface area (Å²) in [6.45, 7) is 0. The number of nitrogens with zero attached hydrogens (tertiary/aromatic N) is 1. The van der Waals surface area contributed by atoms with Crippen molar-refractivity contribution in [2.24, 2.45) is 0 Å². The first-order valence-electron chi connectivity index (χ1n) is 8.00. The summed E-state index contributed by atoms with van der Waals surface area (Å²) < 4.78 is 13.9. The van der Waals surface area contributed by atoms with Crippen LogP contribution in [-0.2, 0) is 0 Å². The maximum atomic E-state index is 13.4. The summed E-state index contributed by atoms with van der Waals surface area (Å²) in [5.41, 5.74) is 2.11. The minimum absolute atomic E-state index is 0.175. The molecule has 0 aliphatic rings. The fourth-order valence-corrected chi connectivity index (χ4v) is 3.39. The Bertz CT molecular complexity index is 1030. The lowest BCUT2D eigenvalue weighted by molar-refractivity contribution is 0.102. The third-order valence-corrected chi connectivity index (χ3v) is 5.02. The Hall–Kier alpha value is -2.68. The summed E-state index contributed by atoms with van der Waals surface area (Å²) in [6.07, 6.45) is 0. The van der Waals surface area contributed by atoms with Crippen LogP contribution < -0.4 is 5.32 Å². The van der Waals surface area contributed by atoms with Crippen molar-refractivity contribution in [2.75, 3.05) is 5.32 Å². The highest BCUT2D eigenvalue weighted by Crippen LogP contribution is 2.32. The molecule has 0 aliphatic carbocycles. The van der Waals surface area contributed by atoms with Crippen LogP contribution in [0.4, 0.5) is 10.1 Å². The van der Waals surface area contributed by atoms with Gasteiger partial charge in [-0.05, 0) is 57.4 Å². The fraction of sp³-hybridized carbons (Fsp3) is 0.0476. The quantitative estimate of drug-likeness (QED) is 0.526. The van der Waals surface area contributed by atoms with Gasteiger partial charge in [-0.3, -0.25) is 4.79 Å². The van der Waals surface area contributed by atoms with Gasteiger partial charge in [0.05, 0.1) is 17.6 Å². The topological polar surface area (TPSA) is 52.9 Å². The molecule has 0 saturated carbocycles. The number of nitriles is 1. The molecule has 27 heavy (non-hydrogen) atoms. The van der Waals surface area contributed by atoms with Gasteiger partial charge in [-0.25, -0.2) is 4.39 Å². The average molecular weight is 444 g/mol. The lowest BCUT2D eigenvalue weighted by Crippen LogP contribution is -2.13. The first-order chi connectivity index (χ1) is 13.0. The van der Waals surface area contributed by atoms with E-state index in [1.54, 1.807) is 18.2 Å². The van der Waals surface area contributed by atoms with E-state index in [2.05, 4.69) is 27.3 Å². The highest BCUT2D eigenvalue weighted by molar-refractivity contribution is 9.10.